The van der Waals surface area contributed by atoms with Gasteiger partial charge < -0.3 is 10.1 Å². The zero-order chi connectivity index (χ0) is 14.3. The summed E-state index contributed by atoms with van der Waals surface area (Å²) in [5.41, 5.74) is 1.65. The van der Waals surface area contributed by atoms with Crippen molar-refractivity contribution in [1.29, 1.82) is 0 Å². The topological polar surface area (TPSA) is 21.3 Å². The van der Waals surface area contributed by atoms with Crippen LogP contribution < -0.4 is 5.32 Å². The number of hydrogen-bond acceptors (Lipinski definition) is 2. The molecule has 1 rings (SSSR count). The minimum absolute atomic E-state index is 0.0556. The van der Waals surface area contributed by atoms with Gasteiger partial charge in [-0.2, -0.15) is 0 Å². The van der Waals surface area contributed by atoms with Crippen molar-refractivity contribution in [3.05, 3.63) is 35.1 Å². The molecule has 2 unspecified atom stereocenters. The number of ether oxygens (including phenoxy) is 1. The predicted octanol–water partition coefficient (Wildman–Crippen LogP) is 3.99. The summed E-state index contributed by atoms with van der Waals surface area (Å²) in [4.78, 5) is 0. The quantitative estimate of drug-likeness (QED) is 0.769. The van der Waals surface area contributed by atoms with Crippen molar-refractivity contribution >= 4 is 0 Å². The highest BCUT2D eigenvalue weighted by Crippen LogP contribution is 2.24. The molecule has 2 nitrogen and oxygen atoms in total. The van der Waals surface area contributed by atoms with Crippen molar-refractivity contribution in [1.82, 2.24) is 5.32 Å². The first-order valence-electron chi connectivity index (χ1n) is 7.25. The molecular weight excluding hydrogens is 241 g/mol. The molecule has 1 N–H and O–H groups in total. The maximum absolute atomic E-state index is 13.7. The molecule has 108 valence electrons. The lowest BCUT2D eigenvalue weighted by atomic mass is 9.97. The van der Waals surface area contributed by atoms with Crippen LogP contribution in [0.25, 0.3) is 0 Å². The van der Waals surface area contributed by atoms with Crippen molar-refractivity contribution < 1.29 is 9.13 Å². The molecule has 0 radical (unpaired) electrons. The van der Waals surface area contributed by atoms with Crippen LogP contribution in [0.5, 0.6) is 0 Å². The lowest BCUT2D eigenvalue weighted by Gasteiger charge is -2.28. The van der Waals surface area contributed by atoms with Crippen LogP contribution in [0.4, 0.5) is 4.39 Å². The second kappa shape index (κ2) is 8.28. The van der Waals surface area contributed by atoms with E-state index in [4.69, 9.17) is 4.74 Å². The van der Waals surface area contributed by atoms with Crippen LogP contribution in [0, 0.1) is 12.7 Å². The van der Waals surface area contributed by atoms with Gasteiger partial charge in [-0.15, -0.1) is 0 Å². The Labute approximate surface area is 116 Å². The van der Waals surface area contributed by atoms with E-state index in [0.29, 0.717) is 12.2 Å². The van der Waals surface area contributed by atoms with Crippen molar-refractivity contribution in [3.8, 4) is 0 Å². The fraction of sp³-hybridized carbons (Fsp3) is 0.625. The molecule has 3 heteroatoms. The Hall–Kier alpha value is -0.930. The Balaban J connectivity index is 2.98. The molecule has 0 aliphatic heterocycles. The summed E-state index contributed by atoms with van der Waals surface area (Å²) >= 11 is 0. The highest BCUT2D eigenvalue weighted by Gasteiger charge is 2.22. The summed E-state index contributed by atoms with van der Waals surface area (Å²) < 4.78 is 19.6. The summed E-state index contributed by atoms with van der Waals surface area (Å²) in [6, 6.07) is 5.52. The third kappa shape index (κ3) is 4.59. The lowest BCUT2D eigenvalue weighted by Crippen LogP contribution is -2.34. The average molecular weight is 267 g/mol. The number of rotatable bonds is 8. The van der Waals surface area contributed by atoms with E-state index in [1.165, 1.54) is 0 Å². The molecule has 0 spiro atoms. The van der Waals surface area contributed by atoms with Gasteiger partial charge in [0.25, 0.3) is 0 Å². The number of benzene rings is 1. The Bertz CT molecular complexity index is 375. The molecule has 0 amide bonds. The van der Waals surface area contributed by atoms with Gasteiger partial charge in [0.2, 0.25) is 0 Å². The van der Waals surface area contributed by atoms with Crippen LogP contribution in [0.15, 0.2) is 18.2 Å². The molecule has 2 atom stereocenters. The minimum Gasteiger partial charge on any atom is -0.377 e. The molecule has 0 aliphatic carbocycles. The smallest absolute Gasteiger partial charge is 0.126 e. The van der Waals surface area contributed by atoms with Gasteiger partial charge in [0.05, 0.1) is 12.1 Å². The van der Waals surface area contributed by atoms with Gasteiger partial charge in [0.1, 0.15) is 5.82 Å². The number of aryl methyl sites for hydroxylation is 1. The Morgan fingerprint density at radius 1 is 1.26 bits per heavy atom. The summed E-state index contributed by atoms with van der Waals surface area (Å²) in [7, 11) is 0. The van der Waals surface area contributed by atoms with Gasteiger partial charge in [-0.3, -0.25) is 0 Å². The second-order valence-corrected chi connectivity index (χ2v) is 4.83. The van der Waals surface area contributed by atoms with Gasteiger partial charge >= 0.3 is 0 Å². The molecular formula is C16H26FNO. The van der Waals surface area contributed by atoms with E-state index in [0.717, 1.165) is 24.9 Å². The summed E-state index contributed by atoms with van der Waals surface area (Å²) in [5, 5.41) is 3.42. The zero-order valence-electron chi connectivity index (χ0n) is 12.5. The zero-order valence-corrected chi connectivity index (χ0v) is 12.5. The SMILES string of the molecule is CCCC(OCC)C(NCC)c1ccc(C)c(F)c1. The van der Waals surface area contributed by atoms with Crippen LogP contribution in [0.1, 0.15) is 50.8 Å². The van der Waals surface area contributed by atoms with Gasteiger partial charge in [-0.25, -0.2) is 4.39 Å². The molecule has 0 saturated carbocycles. The van der Waals surface area contributed by atoms with Crippen LogP contribution in [0.3, 0.4) is 0 Å². The van der Waals surface area contributed by atoms with Gasteiger partial charge in [0, 0.05) is 6.61 Å². The second-order valence-electron chi connectivity index (χ2n) is 4.83. The van der Waals surface area contributed by atoms with Gasteiger partial charge in [-0.1, -0.05) is 32.4 Å². The van der Waals surface area contributed by atoms with E-state index in [1.54, 1.807) is 13.0 Å². The molecule has 0 aliphatic rings. The van der Waals surface area contributed by atoms with Gasteiger partial charge in [0.15, 0.2) is 0 Å². The fourth-order valence-corrected chi connectivity index (χ4v) is 2.33. The van der Waals surface area contributed by atoms with E-state index in [2.05, 4.69) is 19.2 Å². The molecule has 1 aromatic carbocycles. The first-order valence-corrected chi connectivity index (χ1v) is 7.25. The maximum atomic E-state index is 13.7. The van der Waals surface area contributed by atoms with E-state index in [9.17, 15) is 4.39 Å². The normalized spacial score (nSPS) is 14.4. The molecule has 0 heterocycles. The van der Waals surface area contributed by atoms with Gasteiger partial charge in [-0.05, 0) is 44.0 Å². The average Bonchev–Trinajstić information content (AvgIpc) is 2.39. The summed E-state index contributed by atoms with van der Waals surface area (Å²) in [6.45, 7) is 9.51. The molecule has 0 aromatic heterocycles. The molecule has 19 heavy (non-hydrogen) atoms. The number of hydrogen-bond donors (Lipinski definition) is 1. The first kappa shape index (κ1) is 16.1. The first-order chi connectivity index (χ1) is 9.13. The van der Waals surface area contributed by atoms with E-state index in [-0.39, 0.29) is 18.0 Å². The Morgan fingerprint density at radius 3 is 2.53 bits per heavy atom. The largest absolute Gasteiger partial charge is 0.377 e. The van der Waals surface area contributed by atoms with Crippen molar-refractivity contribution in [2.24, 2.45) is 0 Å². The molecule has 1 aromatic rings. The molecule has 0 bridgehead atoms. The van der Waals surface area contributed by atoms with E-state index in [1.807, 2.05) is 19.1 Å². The Morgan fingerprint density at radius 2 is 2.00 bits per heavy atom. The highest BCUT2D eigenvalue weighted by atomic mass is 19.1. The van der Waals surface area contributed by atoms with Crippen molar-refractivity contribution in [2.45, 2.75) is 52.7 Å². The van der Waals surface area contributed by atoms with Crippen molar-refractivity contribution in [3.63, 3.8) is 0 Å². The number of nitrogens with one attached hydrogen (secondary N) is 1. The third-order valence-corrected chi connectivity index (χ3v) is 3.30. The fourth-order valence-electron chi connectivity index (χ4n) is 2.33. The number of halogens is 1. The Kier molecular flexibility index (Phi) is 7.03. The third-order valence-electron chi connectivity index (χ3n) is 3.30. The summed E-state index contributed by atoms with van der Waals surface area (Å²) in [6.07, 6.45) is 2.12. The number of likely N-dealkylation sites (N-methyl/N-ethyl adjacent to an activating group) is 1. The van der Waals surface area contributed by atoms with Crippen LogP contribution in [-0.2, 0) is 4.74 Å². The van der Waals surface area contributed by atoms with E-state index < -0.39 is 0 Å². The molecule has 0 fully saturated rings. The molecule has 0 saturated heterocycles. The highest BCUT2D eigenvalue weighted by molar-refractivity contribution is 5.26. The van der Waals surface area contributed by atoms with Crippen molar-refractivity contribution in [2.75, 3.05) is 13.2 Å². The monoisotopic (exact) mass is 267 g/mol. The summed E-state index contributed by atoms with van der Waals surface area (Å²) in [5.74, 6) is -0.146. The van der Waals surface area contributed by atoms with Crippen LogP contribution in [-0.4, -0.2) is 19.3 Å². The van der Waals surface area contributed by atoms with E-state index >= 15 is 0 Å². The maximum Gasteiger partial charge on any atom is 0.126 e. The predicted molar refractivity (Wildman–Crippen MR) is 77.9 cm³/mol. The standard InChI is InChI=1S/C16H26FNO/c1-5-8-15(19-7-3)16(18-6-2)13-10-9-12(4)14(17)11-13/h9-11,15-16,18H,5-8H2,1-4H3. The van der Waals surface area contributed by atoms with Crippen LogP contribution in [0.2, 0.25) is 0 Å². The van der Waals surface area contributed by atoms with Crippen LogP contribution >= 0.6 is 0 Å². The lowest BCUT2D eigenvalue weighted by molar-refractivity contribution is 0.0279. The minimum atomic E-state index is -0.146.